The molecule has 0 amide bonds. The van der Waals surface area contributed by atoms with E-state index in [1.54, 1.807) is 24.3 Å². The summed E-state index contributed by atoms with van der Waals surface area (Å²) in [6, 6.07) is 6.87. The van der Waals surface area contributed by atoms with Crippen molar-refractivity contribution >= 4 is 15.5 Å². The molecule has 0 aliphatic carbocycles. The zero-order chi connectivity index (χ0) is 13.8. The topological polar surface area (TPSA) is 66.4 Å². The first-order valence-corrected chi connectivity index (χ1v) is 7.91. The summed E-state index contributed by atoms with van der Waals surface area (Å²) in [5.41, 5.74) is 0.870. The van der Waals surface area contributed by atoms with Gasteiger partial charge in [0.2, 0.25) is 0 Å². The molecule has 0 spiro atoms. The molecule has 0 radical (unpaired) electrons. The minimum absolute atomic E-state index is 0.136. The van der Waals surface area contributed by atoms with Crippen LogP contribution in [0.15, 0.2) is 29.2 Å². The van der Waals surface area contributed by atoms with E-state index < -0.39 is 9.84 Å². The van der Waals surface area contributed by atoms with E-state index in [0.29, 0.717) is 17.2 Å². The first-order valence-electron chi connectivity index (χ1n) is 6.02. The Balaban J connectivity index is 2.79. The second kappa shape index (κ2) is 6.20. The van der Waals surface area contributed by atoms with Crippen molar-refractivity contribution in [2.24, 2.45) is 5.92 Å². The summed E-state index contributed by atoms with van der Waals surface area (Å²) in [4.78, 5) is 0.316. The molecule has 4 nitrogen and oxygen atoms in total. The van der Waals surface area contributed by atoms with Crippen LogP contribution in [-0.4, -0.2) is 32.4 Å². The van der Waals surface area contributed by atoms with Crippen molar-refractivity contribution in [3.63, 3.8) is 0 Å². The maximum absolute atomic E-state index is 11.3. The fourth-order valence-electron chi connectivity index (χ4n) is 1.72. The zero-order valence-corrected chi connectivity index (χ0v) is 11.9. The van der Waals surface area contributed by atoms with Crippen LogP contribution in [0.5, 0.6) is 0 Å². The van der Waals surface area contributed by atoms with Crippen molar-refractivity contribution in [2.45, 2.75) is 31.2 Å². The number of nitrogens with one attached hydrogen (secondary N) is 1. The van der Waals surface area contributed by atoms with Crippen LogP contribution in [-0.2, 0) is 9.84 Å². The number of aliphatic hydroxyl groups excluding tert-OH is 1. The minimum atomic E-state index is -3.14. The highest BCUT2D eigenvalue weighted by Gasteiger charge is 2.13. The Bertz CT molecular complexity index is 466. The second-order valence-electron chi connectivity index (χ2n) is 4.80. The van der Waals surface area contributed by atoms with Crippen LogP contribution >= 0.6 is 0 Å². The Morgan fingerprint density at radius 1 is 1.22 bits per heavy atom. The van der Waals surface area contributed by atoms with E-state index in [9.17, 15) is 8.42 Å². The van der Waals surface area contributed by atoms with Crippen molar-refractivity contribution in [1.29, 1.82) is 0 Å². The Kier molecular flexibility index (Phi) is 5.16. The molecule has 0 aliphatic heterocycles. The molecule has 1 unspecified atom stereocenters. The van der Waals surface area contributed by atoms with Gasteiger partial charge in [0.25, 0.3) is 0 Å². The number of hydrogen-bond acceptors (Lipinski definition) is 4. The lowest BCUT2D eigenvalue weighted by Gasteiger charge is -2.22. The summed E-state index contributed by atoms with van der Waals surface area (Å²) in [6.07, 6.45) is 1.86. The lowest BCUT2D eigenvalue weighted by atomic mass is 10.0. The van der Waals surface area contributed by atoms with Crippen LogP contribution in [0.1, 0.15) is 20.3 Å². The molecule has 18 heavy (non-hydrogen) atoms. The number of hydrogen-bond donors (Lipinski definition) is 2. The van der Waals surface area contributed by atoms with E-state index >= 15 is 0 Å². The van der Waals surface area contributed by atoms with Crippen molar-refractivity contribution in [3.05, 3.63) is 24.3 Å². The Morgan fingerprint density at radius 2 is 1.78 bits per heavy atom. The van der Waals surface area contributed by atoms with Gasteiger partial charge in [-0.15, -0.1) is 0 Å². The second-order valence-corrected chi connectivity index (χ2v) is 6.82. The van der Waals surface area contributed by atoms with Crippen molar-refractivity contribution in [1.82, 2.24) is 0 Å². The van der Waals surface area contributed by atoms with Gasteiger partial charge in [0, 0.05) is 24.6 Å². The van der Waals surface area contributed by atoms with Crippen LogP contribution in [0.3, 0.4) is 0 Å². The number of anilines is 1. The average Bonchev–Trinajstić information content (AvgIpc) is 2.28. The van der Waals surface area contributed by atoms with Crippen LogP contribution < -0.4 is 5.32 Å². The minimum Gasteiger partial charge on any atom is -0.396 e. The van der Waals surface area contributed by atoms with Gasteiger partial charge >= 0.3 is 0 Å². The first kappa shape index (κ1) is 15.0. The van der Waals surface area contributed by atoms with E-state index in [1.807, 2.05) is 0 Å². The monoisotopic (exact) mass is 271 g/mol. The SMILES string of the molecule is CC(C)C(CCO)Nc1ccc(S(C)(=O)=O)cc1. The fraction of sp³-hybridized carbons (Fsp3) is 0.538. The van der Waals surface area contributed by atoms with Gasteiger partial charge in [-0.1, -0.05) is 13.8 Å². The van der Waals surface area contributed by atoms with Crippen molar-refractivity contribution in [3.8, 4) is 0 Å². The maximum atomic E-state index is 11.3. The van der Waals surface area contributed by atoms with Gasteiger partial charge in [0.05, 0.1) is 4.90 Å². The van der Waals surface area contributed by atoms with Crippen LogP contribution in [0.4, 0.5) is 5.69 Å². The normalized spacial score (nSPS) is 13.6. The van der Waals surface area contributed by atoms with E-state index in [4.69, 9.17) is 5.11 Å². The Hall–Kier alpha value is -1.07. The molecule has 0 saturated heterocycles. The molecule has 0 bridgehead atoms. The van der Waals surface area contributed by atoms with E-state index in [1.165, 1.54) is 6.26 Å². The van der Waals surface area contributed by atoms with E-state index in [0.717, 1.165) is 5.69 Å². The molecule has 0 aliphatic rings. The molecule has 1 aromatic carbocycles. The van der Waals surface area contributed by atoms with Gasteiger partial charge in [-0.2, -0.15) is 0 Å². The molecule has 0 aromatic heterocycles. The summed E-state index contributed by atoms with van der Waals surface area (Å²) in [6.45, 7) is 4.30. The molecule has 1 atom stereocenters. The first-order chi connectivity index (χ1) is 8.34. The van der Waals surface area contributed by atoms with Crippen molar-refractivity contribution < 1.29 is 13.5 Å². The van der Waals surface area contributed by atoms with Gasteiger partial charge in [0.1, 0.15) is 0 Å². The smallest absolute Gasteiger partial charge is 0.175 e. The standard InChI is InChI=1S/C13H21NO3S/c1-10(2)13(8-9-15)14-11-4-6-12(7-5-11)18(3,16)17/h4-7,10,13-15H,8-9H2,1-3H3. The molecule has 0 heterocycles. The number of aliphatic hydroxyl groups is 1. The van der Waals surface area contributed by atoms with E-state index in [2.05, 4.69) is 19.2 Å². The molecular formula is C13H21NO3S. The number of rotatable bonds is 6. The highest BCUT2D eigenvalue weighted by molar-refractivity contribution is 7.90. The summed E-state index contributed by atoms with van der Waals surface area (Å²) < 4.78 is 22.6. The molecule has 1 aromatic rings. The quantitative estimate of drug-likeness (QED) is 0.829. The summed E-state index contributed by atoms with van der Waals surface area (Å²) >= 11 is 0. The van der Waals surface area contributed by atoms with Gasteiger partial charge in [-0.3, -0.25) is 0 Å². The predicted molar refractivity (Wildman–Crippen MR) is 73.5 cm³/mol. The van der Waals surface area contributed by atoms with Crippen molar-refractivity contribution in [2.75, 3.05) is 18.2 Å². The molecular weight excluding hydrogens is 250 g/mol. The molecule has 1 rings (SSSR count). The van der Waals surface area contributed by atoms with Crippen LogP contribution in [0, 0.1) is 5.92 Å². The summed E-state index contributed by atoms with van der Waals surface area (Å²) in [5.74, 6) is 0.395. The lowest BCUT2D eigenvalue weighted by Crippen LogP contribution is -2.26. The van der Waals surface area contributed by atoms with Gasteiger partial charge in [-0.25, -0.2) is 8.42 Å². The lowest BCUT2D eigenvalue weighted by molar-refractivity contribution is 0.267. The van der Waals surface area contributed by atoms with Gasteiger partial charge in [-0.05, 0) is 36.6 Å². The largest absolute Gasteiger partial charge is 0.396 e. The fourth-order valence-corrected chi connectivity index (χ4v) is 2.35. The van der Waals surface area contributed by atoms with Gasteiger partial charge in [0.15, 0.2) is 9.84 Å². The Labute approximate surface area is 109 Å². The third kappa shape index (κ3) is 4.31. The molecule has 0 saturated carbocycles. The predicted octanol–water partition coefficient (Wildman–Crippen LogP) is 1.91. The summed E-state index contributed by atoms with van der Waals surface area (Å²) in [7, 11) is -3.14. The van der Waals surface area contributed by atoms with E-state index in [-0.39, 0.29) is 12.6 Å². The zero-order valence-electron chi connectivity index (χ0n) is 11.1. The van der Waals surface area contributed by atoms with Crippen LogP contribution in [0.2, 0.25) is 0 Å². The molecule has 5 heteroatoms. The maximum Gasteiger partial charge on any atom is 0.175 e. The number of sulfone groups is 1. The third-order valence-corrected chi connectivity index (χ3v) is 4.01. The van der Waals surface area contributed by atoms with Crippen LogP contribution in [0.25, 0.3) is 0 Å². The number of benzene rings is 1. The van der Waals surface area contributed by atoms with Gasteiger partial charge < -0.3 is 10.4 Å². The highest BCUT2D eigenvalue weighted by Crippen LogP contribution is 2.17. The average molecular weight is 271 g/mol. The summed E-state index contributed by atoms with van der Waals surface area (Å²) in [5, 5.41) is 12.3. The molecule has 0 fully saturated rings. The Morgan fingerprint density at radius 3 is 2.17 bits per heavy atom. The molecule has 2 N–H and O–H groups in total. The third-order valence-electron chi connectivity index (χ3n) is 2.88. The highest BCUT2D eigenvalue weighted by atomic mass is 32.2. The molecule has 102 valence electrons.